The Morgan fingerprint density at radius 1 is 1.64 bits per heavy atom. The molecule has 1 heterocycles. The van der Waals surface area contributed by atoms with Gasteiger partial charge < -0.3 is 0 Å². The Balaban J connectivity index is 2.34. The maximum atomic E-state index is 4.21. The van der Waals surface area contributed by atoms with Crippen LogP contribution in [0.15, 0.2) is 18.5 Å². The predicted octanol–water partition coefficient (Wildman–Crippen LogP) is 3.97. The summed E-state index contributed by atoms with van der Waals surface area (Å²) in [5.41, 5.74) is 3.82. The van der Waals surface area contributed by atoms with Crippen molar-refractivity contribution in [3.63, 3.8) is 0 Å². The highest BCUT2D eigenvalue weighted by Gasteiger charge is 2.32. The monoisotopic (exact) mass is 261 g/mol. The van der Waals surface area contributed by atoms with Gasteiger partial charge in [0.05, 0.1) is 0 Å². The van der Waals surface area contributed by atoms with Crippen molar-refractivity contribution in [3.05, 3.63) is 29.6 Å². The van der Waals surface area contributed by atoms with Gasteiger partial charge in [-0.15, -0.1) is 17.9 Å². The number of nitrogens with zero attached hydrogens (tertiary/aromatic N) is 1. The fourth-order valence-electron chi connectivity index (χ4n) is 2.17. The molecule has 1 nitrogen and oxygen atoms in total. The minimum atomic E-state index is 0.0742. The number of pyridine rings is 1. The Hall–Kier alpha value is 0.870. The van der Waals surface area contributed by atoms with Crippen LogP contribution in [-0.4, -0.2) is 4.98 Å². The average molecular weight is 261 g/mol. The van der Waals surface area contributed by atoms with E-state index in [1.807, 2.05) is 12.4 Å². The molecule has 0 bridgehead atoms. The third kappa shape index (κ3) is 2.03. The van der Waals surface area contributed by atoms with Gasteiger partial charge in [0.25, 0.3) is 0 Å². The minimum absolute atomic E-state index is 0.0742. The van der Waals surface area contributed by atoms with Gasteiger partial charge in [-0.05, 0) is 29.5 Å². The summed E-state index contributed by atoms with van der Waals surface area (Å²) in [7, 11) is 7.02. The third-order valence-corrected chi connectivity index (χ3v) is 13.9. The highest BCUT2D eigenvalue weighted by molar-refractivity contribution is 8.61. The summed E-state index contributed by atoms with van der Waals surface area (Å²) < 4.78 is 0. The summed E-state index contributed by atoms with van der Waals surface area (Å²) in [6, 6.07) is 2.22. The maximum Gasteiger partial charge on any atom is 0.0302 e. The third-order valence-electron chi connectivity index (χ3n) is 2.79. The van der Waals surface area contributed by atoms with Crippen molar-refractivity contribution in [2.24, 2.45) is 5.92 Å². The van der Waals surface area contributed by atoms with Crippen LogP contribution in [0.25, 0.3) is 0 Å². The minimum Gasteiger partial charge on any atom is -0.264 e. The highest BCUT2D eigenvalue weighted by atomic mass is 32.6. The molecular weight excluding hydrogens is 246 g/mol. The average Bonchev–Trinajstić information content (AvgIpc) is 2.53. The number of hydrogen-bond donors (Lipinski definition) is 0. The van der Waals surface area contributed by atoms with E-state index in [2.05, 4.69) is 35.8 Å². The molecule has 0 aliphatic heterocycles. The van der Waals surface area contributed by atoms with Gasteiger partial charge in [0.2, 0.25) is 0 Å². The van der Waals surface area contributed by atoms with E-state index < -0.39 is 0 Å². The van der Waals surface area contributed by atoms with Gasteiger partial charge >= 0.3 is 0 Å². The number of rotatable bonds is 2. The standard InChI is InChI=1S/C9H15NP4/c1-6-4-7-5-10-3-2-8(7)9(6)14(12)13-11/h2-3,5-6,9,13H,4,11-12H2,1H3/t6-,9-,14?/m0/s1. The zero-order valence-electron chi connectivity index (χ0n) is 8.14. The zero-order chi connectivity index (χ0) is 10.1. The van der Waals surface area contributed by atoms with Crippen LogP contribution in [0.1, 0.15) is 23.7 Å². The number of fused-ring (bicyclic) bond motifs is 1. The van der Waals surface area contributed by atoms with E-state index >= 15 is 0 Å². The molecule has 0 saturated carbocycles. The molecule has 1 aliphatic carbocycles. The van der Waals surface area contributed by atoms with Crippen LogP contribution in [0, 0.1) is 5.92 Å². The van der Waals surface area contributed by atoms with Crippen molar-refractivity contribution in [3.8, 4) is 0 Å². The SMILES string of the molecule is C[C@H]1Cc2cnccc2[C@H]1P(P)PP. The largest absolute Gasteiger partial charge is 0.264 e. The van der Waals surface area contributed by atoms with Crippen LogP contribution < -0.4 is 0 Å². The van der Waals surface area contributed by atoms with Gasteiger partial charge in [0.1, 0.15) is 0 Å². The number of hydrogen-bond acceptors (Lipinski definition) is 1. The summed E-state index contributed by atoms with van der Waals surface area (Å²) in [4.78, 5) is 4.21. The molecule has 1 aromatic heterocycles. The Morgan fingerprint density at radius 3 is 3.14 bits per heavy atom. The predicted molar refractivity (Wildman–Crippen MR) is 74.5 cm³/mol. The quantitative estimate of drug-likeness (QED) is 0.734. The normalized spacial score (nSPS) is 28.2. The molecule has 0 saturated heterocycles. The second kappa shape index (κ2) is 4.80. The lowest BCUT2D eigenvalue weighted by molar-refractivity contribution is 0.613. The van der Waals surface area contributed by atoms with E-state index in [1.165, 1.54) is 12.0 Å². The molecule has 76 valence electrons. The van der Waals surface area contributed by atoms with Crippen molar-refractivity contribution in [1.29, 1.82) is 0 Å². The molecule has 0 fully saturated rings. The van der Waals surface area contributed by atoms with Crippen LogP contribution in [0.3, 0.4) is 0 Å². The second-order valence-corrected chi connectivity index (χ2v) is 13.2. The first-order valence-electron chi connectivity index (χ1n) is 4.67. The van der Waals surface area contributed by atoms with Gasteiger partial charge in [-0.1, -0.05) is 22.2 Å². The van der Waals surface area contributed by atoms with Gasteiger partial charge in [0, 0.05) is 18.1 Å². The Morgan fingerprint density at radius 2 is 2.43 bits per heavy atom. The molecule has 0 aromatic carbocycles. The summed E-state index contributed by atoms with van der Waals surface area (Å²) in [5, 5.41) is 0. The van der Waals surface area contributed by atoms with Crippen LogP contribution in [0.4, 0.5) is 0 Å². The van der Waals surface area contributed by atoms with Gasteiger partial charge in [-0.25, -0.2) is 0 Å². The van der Waals surface area contributed by atoms with Crippen LogP contribution >= 0.6 is 33.1 Å². The molecule has 2 rings (SSSR count). The molecule has 0 radical (unpaired) electrons. The maximum absolute atomic E-state index is 4.21. The van der Waals surface area contributed by atoms with E-state index in [1.54, 1.807) is 5.56 Å². The van der Waals surface area contributed by atoms with Gasteiger partial charge in [0.15, 0.2) is 0 Å². The van der Waals surface area contributed by atoms with Crippen molar-refractivity contribution in [2.45, 2.75) is 19.0 Å². The van der Waals surface area contributed by atoms with Crippen LogP contribution in [0.2, 0.25) is 0 Å². The first-order valence-corrected chi connectivity index (χ1v) is 11.3. The zero-order valence-corrected chi connectivity index (χ0v) is 12.3. The fourth-order valence-corrected chi connectivity index (χ4v) is 8.00. The molecule has 1 aliphatic rings. The van der Waals surface area contributed by atoms with Crippen molar-refractivity contribution in [2.75, 3.05) is 0 Å². The van der Waals surface area contributed by atoms with E-state index in [-0.39, 0.29) is 7.30 Å². The molecule has 0 spiro atoms. The van der Waals surface area contributed by atoms with E-state index in [4.69, 9.17) is 0 Å². The van der Waals surface area contributed by atoms with Crippen LogP contribution in [-0.2, 0) is 6.42 Å². The molecule has 1 aromatic rings. The van der Waals surface area contributed by atoms with Gasteiger partial charge in [-0.3, -0.25) is 4.98 Å². The first-order chi connectivity index (χ1) is 6.74. The molecule has 0 N–H and O–H groups in total. The van der Waals surface area contributed by atoms with E-state index in [0.29, 0.717) is 0 Å². The first kappa shape index (κ1) is 11.4. The smallest absolute Gasteiger partial charge is 0.0302 e. The Bertz CT molecular complexity index is 326. The molecule has 5 heteroatoms. The lowest BCUT2D eigenvalue weighted by Gasteiger charge is -2.23. The van der Waals surface area contributed by atoms with Gasteiger partial charge in [-0.2, -0.15) is 0 Å². The van der Waals surface area contributed by atoms with Crippen molar-refractivity contribution >= 4 is 33.1 Å². The fraction of sp³-hybridized carbons (Fsp3) is 0.444. The van der Waals surface area contributed by atoms with Crippen LogP contribution in [0.5, 0.6) is 0 Å². The highest BCUT2D eigenvalue weighted by Crippen LogP contribution is 2.77. The second-order valence-electron chi connectivity index (χ2n) is 3.74. The van der Waals surface area contributed by atoms with Crippen molar-refractivity contribution < 1.29 is 0 Å². The summed E-state index contributed by atoms with van der Waals surface area (Å²) in [6.45, 7) is 2.37. The summed E-state index contributed by atoms with van der Waals surface area (Å²) >= 11 is 0. The van der Waals surface area contributed by atoms with E-state index in [0.717, 1.165) is 19.5 Å². The summed E-state index contributed by atoms with van der Waals surface area (Å²) in [5.74, 6) is 0.797. The van der Waals surface area contributed by atoms with E-state index in [9.17, 15) is 0 Å². The molecule has 6 atom stereocenters. The summed E-state index contributed by atoms with van der Waals surface area (Å²) in [6.07, 6.45) is 5.20. The molecule has 0 amide bonds. The lowest BCUT2D eigenvalue weighted by atomic mass is 10.1. The number of aromatic nitrogens is 1. The Labute approximate surface area is 92.9 Å². The lowest BCUT2D eigenvalue weighted by Crippen LogP contribution is -1.97. The molecule has 14 heavy (non-hydrogen) atoms. The van der Waals surface area contributed by atoms with Crippen molar-refractivity contribution in [1.82, 2.24) is 4.98 Å². The molecular formula is C9H15NP4. The topological polar surface area (TPSA) is 12.9 Å². The molecule has 4 unspecified atom stereocenters. The Kier molecular flexibility index (Phi) is 3.90.